The Kier molecular flexibility index (Phi) is 4.51. The maximum absolute atomic E-state index is 13.6. The second-order valence-electron chi connectivity index (χ2n) is 4.46. The predicted molar refractivity (Wildman–Crippen MR) is 75.9 cm³/mol. The highest BCUT2D eigenvalue weighted by molar-refractivity contribution is 6.30. The lowest BCUT2D eigenvalue weighted by Gasteiger charge is -2.19. The van der Waals surface area contributed by atoms with Crippen LogP contribution < -0.4 is 5.32 Å². The summed E-state index contributed by atoms with van der Waals surface area (Å²) in [4.78, 5) is 4.19. The number of aromatic nitrogens is 1. The standard InChI is InChI=1S/C15H16ClFN2/c1-3-19-15(12-6-10(2)8-18-9-12)11-4-5-13(16)14(17)7-11/h4-9,15,19H,3H2,1-2H3. The molecular formula is C15H16ClFN2. The fraction of sp³-hybridized carbons (Fsp3) is 0.267. The summed E-state index contributed by atoms with van der Waals surface area (Å²) >= 11 is 5.73. The smallest absolute Gasteiger partial charge is 0.142 e. The zero-order valence-corrected chi connectivity index (χ0v) is 11.7. The fourth-order valence-electron chi connectivity index (χ4n) is 2.06. The summed E-state index contributed by atoms with van der Waals surface area (Å²) < 4.78 is 13.6. The Morgan fingerprint density at radius 3 is 2.68 bits per heavy atom. The number of aryl methyl sites for hydroxylation is 1. The van der Waals surface area contributed by atoms with Gasteiger partial charge in [-0.15, -0.1) is 0 Å². The van der Waals surface area contributed by atoms with Crippen LogP contribution >= 0.6 is 11.6 Å². The van der Waals surface area contributed by atoms with E-state index in [4.69, 9.17) is 11.6 Å². The molecule has 0 amide bonds. The van der Waals surface area contributed by atoms with E-state index < -0.39 is 5.82 Å². The Morgan fingerprint density at radius 1 is 1.26 bits per heavy atom. The van der Waals surface area contributed by atoms with Crippen molar-refractivity contribution in [1.29, 1.82) is 0 Å². The lowest BCUT2D eigenvalue weighted by molar-refractivity contribution is 0.602. The van der Waals surface area contributed by atoms with Crippen molar-refractivity contribution in [3.63, 3.8) is 0 Å². The maximum atomic E-state index is 13.6. The molecule has 0 saturated carbocycles. The minimum absolute atomic E-state index is 0.0795. The minimum Gasteiger partial charge on any atom is -0.306 e. The van der Waals surface area contributed by atoms with Crippen LogP contribution in [-0.2, 0) is 0 Å². The molecular weight excluding hydrogens is 263 g/mol. The van der Waals surface area contributed by atoms with Crippen LogP contribution in [0.25, 0.3) is 0 Å². The Morgan fingerprint density at radius 2 is 2.05 bits per heavy atom. The molecule has 19 heavy (non-hydrogen) atoms. The summed E-state index contributed by atoms with van der Waals surface area (Å²) in [5.74, 6) is -0.400. The molecule has 1 aromatic carbocycles. The molecule has 2 rings (SSSR count). The molecule has 0 fully saturated rings. The molecule has 0 saturated heterocycles. The van der Waals surface area contributed by atoms with Crippen LogP contribution in [0.2, 0.25) is 5.02 Å². The van der Waals surface area contributed by atoms with Gasteiger partial charge >= 0.3 is 0 Å². The van der Waals surface area contributed by atoms with Crippen LogP contribution in [0.15, 0.2) is 36.7 Å². The Labute approximate surface area is 117 Å². The van der Waals surface area contributed by atoms with Gasteiger partial charge in [-0.05, 0) is 42.3 Å². The third kappa shape index (κ3) is 3.31. The predicted octanol–water partition coefficient (Wildman–Crippen LogP) is 3.88. The number of hydrogen-bond acceptors (Lipinski definition) is 2. The highest BCUT2D eigenvalue weighted by atomic mass is 35.5. The third-order valence-electron chi connectivity index (χ3n) is 2.91. The van der Waals surface area contributed by atoms with E-state index in [1.165, 1.54) is 6.07 Å². The molecule has 0 bridgehead atoms. The number of hydrogen-bond donors (Lipinski definition) is 1. The van der Waals surface area contributed by atoms with Crippen LogP contribution in [0.3, 0.4) is 0 Å². The van der Waals surface area contributed by atoms with Gasteiger partial charge in [-0.2, -0.15) is 0 Å². The summed E-state index contributed by atoms with van der Waals surface area (Å²) in [6.07, 6.45) is 3.60. The minimum atomic E-state index is -0.400. The molecule has 4 heteroatoms. The largest absolute Gasteiger partial charge is 0.306 e. The quantitative estimate of drug-likeness (QED) is 0.918. The average Bonchev–Trinajstić information content (AvgIpc) is 2.39. The summed E-state index contributed by atoms with van der Waals surface area (Å²) in [5, 5.41) is 3.48. The van der Waals surface area contributed by atoms with Gasteiger partial charge in [-0.3, -0.25) is 4.98 Å². The van der Waals surface area contributed by atoms with Crippen molar-refractivity contribution in [2.24, 2.45) is 0 Å². The van der Waals surface area contributed by atoms with Gasteiger partial charge in [-0.1, -0.05) is 30.7 Å². The van der Waals surface area contributed by atoms with E-state index in [1.807, 2.05) is 26.0 Å². The van der Waals surface area contributed by atoms with Crippen molar-refractivity contribution >= 4 is 11.6 Å². The van der Waals surface area contributed by atoms with Crippen molar-refractivity contribution in [3.8, 4) is 0 Å². The molecule has 1 unspecified atom stereocenters. The number of benzene rings is 1. The number of nitrogens with one attached hydrogen (secondary N) is 1. The van der Waals surface area contributed by atoms with Gasteiger partial charge in [0, 0.05) is 12.4 Å². The van der Waals surface area contributed by atoms with Crippen LogP contribution in [0, 0.1) is 12.7 Å². The van der Waals surface area contributed by atoms with Crippen LogP contribution in [0.1, 0.15) is 29.7 Å². The van der Waals surface area contributed by atoms with E-state index in [9.17, 15) is 4.39 Å². The first-order valence-corrected chi connectivity index (χ1v) is 6.59. The molecule has 1 aromatic heterocycles. The highest BCUT2D eigenvalue weighted by Gasteiger charge is 2.15. The van der Waals surface area contributed by atoms with Crippen molar-refractivity contribution in [2.75, 3.05) is 6.54 Å². The number of halogens is 2. The molecule has 1 N–H and O–H groups in total. The Bertz CT molecular complexity index is 572. The molecule has 1 atom stereocenters. The summed E-state index contributed by atoms with van der Waals surface area (Å²) in [6, 6.07) is 6.86. The van der Waals surface area contributed by atoms with E-state index >= 15 is 0 Å². The second-order valence-corrected chi connectivity index (χ2v) is 4.87. The normalized spacial score (nSPS) is 12.4. The zero-order valence-electron chi connectivity index (χ0n) is 11.0. The van der Waals surface area contributed by atoms with Gasteiger partial charge in [-0.25, -0.2) is 4.39 Å². The van der Waals surface area contributed by atoms with Gasteiger partial charge in [0.1, 0.15) is 5.82 Å². The molecule has 0 aliphatic rings. The zero-order chi connectivity index (χ0) is 13.8. The van der Waals surface area contributed by atoms with Crippen molar-refractivity contribution in [1.82, 2.24) is 10.3 Å². The van der Waals surface area contributed by atoms with Crippen molar-refractivity contribution in [2.45, 2.75) is 19.9 Å². The highest BCUT2D eigenvalue weighted by Crippen LogP contribution is 2.25. The van der Waals surface area contributed by atoms with Crippen LogP contribution in [0.4, 0.5) is 4.39 Å². The van der Waals surface area contributed by atoms with Gasteiger partial charge in [0.15, 0.2) is 0 Å². The molecule has 2 aromatic rings. The van der Waals surface area contributed by atoms with Crippen molar-refractivity contribution < 1.29 is 4.39 Å². The summed E-state index contributed by atoms with van der Waals surface area (Å²) in [7, 11) is 0. The first-order chi connectivity index (χ1) is 9.11. The average molecular weight is 279 g/mol. The summed E-state index contributed by atoms with van der Waals surface area (Å²) in [6.45, 7) is 4.79. The van der Waals surface area contributed by atoms with E-state index in [0.29, 0.717) is 0 Å². The van der Waals surface area contributed by atoms with Gasteiger partial charge < -0.3 is 5.32 Å². The number of rotatable bonds is 4. The van der Waals surface area contributed by atoms with E-state index in [1.54, 1.807) is 18.5 Å². The molecule has 100 valence electrons. The third-order valence-corrected chi connectivity index (χ3v) is 3.22. The van der Waals surface area contributed by atoms with Crippen molar-refractivity contribution in [3.05, 3.63) is 64.2 Å². The molecule has 0 aliphatic carbocycles. The topological polar surface area (TPSA) is 24.9 Å². The van der Waals surface area contributed by atoms with Crippen LogP contribution in [-0.4, -0.2) is 11.5 Å². The summed E-state index contributed by atoms with van der Waals surface area (Å²) in [5.41, 5.74) is 2.94. The first kappa shape index (κ1) is 14.0. The lowest BCUT2D eigenvalue weighted by Crippen LogP contribution is -2.22. The molecule has 1 heterocycles. The second kappa shape index (κ2) is 6.13. The van der Waals surface area contributed by atoms with E-state index in [-0.39, 0.29) is 11.1 Å². The SMILES string of the molecule is CCNC(c1cncc(C)c1)c1ccc(Cl)c(F)c1. The maximum Gasteiger partial charge on any atom is 0.142 e. The Balaban J connectivity index is 2.42. The number of nitrogens with zero attached hydrogens (tertiary/aromatic N) is 1. The van der Waals surface area contributed by atoms with Gasteiger partial charge in [0.05, 0.1) is 11.1 Å². The molecule has 2 nitrogen and oxygen atoms in total. The van der Waals surface area contributed by atoms with E-state index in [0.717, 1.165) is 23.2 Å². The molecule has 0 spiro atoms. The van der Waals surface area contributed by atoms with E-state index in [2.05, 4.69) is 10.3 Å². The lowest BCUT2D eigenvalue weighted by atomic mass is 9.99. The van der Waals surface area contributed by atoms with Gasteiger partial charge in [0.2, 0.25) is 0 Å². The molecule has 0 radical (unpaired) electrons. The fourth-order valence-corrected chi connectivity index (χ4v) is 2.18. The Hall–Kier alpha value is -1.45. The number of pyridine rings is 1. The monoisotopic (exact) mass is 278 g/mol. The van der Waals surface area contributed by atoms with Gasteiger partial charge in [0.25, 0.3) is 0 Å². The van der Waals surface area contributed by atoms with Crippen LogP contribution in [0.5, 0.6) is 0 Å². The first-order valence-electron chi connectivity index (χ1n) is 6.21. The molecule has 0 aliphatic heterocycles.